The molecule has 1 aromatic carbocycles. The number of hydrogen-bond donors (Lipinski definition) is 2. The van der Waals surface area contributed by atoms with Crippen LogP contribution in [0.3, 0.4) is 0 Å². The van der Waals surface area contributed by atoms with Crippen molar-refractivity contribution in [3.8, 4) is 0 Å². The molecule has 7 heteroatoms. The number of rotatable bonds is 4. The van der Waals surface area contributed by atoms with Crippen molar-refractivity contribution < 1.29 is 9.90 Å². The first-order valence-electron chi connectivity index (χ1n) is 7.26. The van der Waals surface area contributed by atoms with Crippen LogP contribution in [-0.2, 0) is 4.79 Å². The molecular weight excluding hydrogens is 300 g/mol. The number of carboxylic acid groups (broad SMARTS) is 1. The van der Waals surface area contributed by atoms with Crippen molar-refractivity contribution in [3.05, 3.63) is 29.8 Å². The quantitative estimate of drug-likeness (QED) is 0.878. The molecule has 1 saturated heterocycles. The van der Waals surface area contributed by atoms with E-state index in [2.05, 4.69) is 32.6 Å². The van der Waals surface area contributed by atoms with Crippen molar-refractivity contribution in [2.45, 2.75) is 6.42 Å². The molecule has 1 aromatic rings. The fraction of sp³-hybridized carbons (Fsp3) is 0.400. The molecule has 2 aliphatic rings. The summed E-state index contributed by atoms with van der Waals surface area (Å²) in [7, 11) is 0. The van der Waals surface area contributed by atoms with Gasteiger partial charge in [-0.15, -0.1) is 5.10 Å². The average molecular weight is 318 g/mol. The molecule has 0 atom stereocenters. The molecule has 2 aliphatic heterocycles. The summed E-state index contributed by atoms with van der Waals surface area (Å²) in [5.74, 6) is -0.801. The van der Waals surface area contributed by atoms with Crippen LogP contribution in [-0.4, -0.2) is 53.8 Å². The highest BCUT2D eigenvalue weighted by Crippen LogP contribution is 2.22. The molecule has 2 heterocycles. The third kappa shape index (κ3) is 3.66. The molecule has 0 radical (unpaired) electrons. The van der Waals surface area contributed by atoms with Crippen molar-refractivity contribution in [1.29, 1.82) is 0 Å². The minimum atomic E-state index is -0.832. The second kappa shape index (κ2) is 6.93. The number of nitrogens with one attached hydrogen (secondary N) is 1. The van der Waals surface area contributed by atoms with E-state index >= 15 is 0 Å². The topological polar surface area (TPSA) is 77.3 Å². The molecule has 0 amide bonds. The SMILES string of the molecule is O=C(O)CSC1=NN=C(c2cccc(N3CCNCC3)c2)C1. The Hall–Kier alpha value is -1.86. The number of carbonyl (C=O) groups is 1. The molecule has 2 N–H and O–H groups in total. The summed E-state index contributed by atoms with van der Waals surface area (Å²) < 4.78 is 0. The number of nitrogens with zero attached hydrogens (tertiary/aromatic N) is 3. The molecule has 0 aromatic heterocycles. The Labute approximate surface area is 133 Å². The molecule has 6 nitrogen and oxygen atoms in total. The van der Waals surface area contributed by atoms with Crippen LogP contribution >= 0.6 is 11.8 Å². The number of hydrogen-bond acceptors (Lipinski definition) is 6. The van der Waals surface area contributed by atoms with Gasteiger partial charge in [-0.2, -0.15) is 5.10 Å². The molecule has 116 valence electrons. The number of anilines is 1. The minimum absolute atomic E-state index is 0.0302. The van der Waals surface area contributed by atoms with Gasteiger partial charge in [0.05, 0.1) is 11.5 Å². The summed E-state index contributed by atoms with van der Waals surface area (Å²) >= 11 is 1.24. The van der Waals surface area contributed by atoms with Crippen LogP contribution in [0.25, 0.3) is 0 Å². The van der Waals surface area contributed by atoms with Crippen LogP contribution < -0.4 is 10.2 Å². The smallest absolute Gasteiger partial charge is 0.313 e. The van der Waals surface area contributed by atoms with Crippen LogP contribution in [0.2, 0.25) is 0 Å². The first-order chi connectivity index (χ1) is 10.7. The summed E-state index contributed by atoms with van der Waals surface area (Å²) in [6.45, 7) is 4.02. The Morgan fingerprint density at radius 2 is 2.14 bits per heavy atom. The fourth-order valence-corrected chi connectivity index (χ4v) is 3.15. The van der Waals surface area contributed by atoms with Crippen molar-refractivity contribution >= 4 is 34.2 Å². The van der Waals surface area contributed by atoms with Crippen molar-refractivity contribution in [2.24, 2.45) is 10.2 Å². The van der Waals surface area contributed by atoms with E-state index in [1.165, 1.54) is 17.4 Å². The molecule has 0 spiro atoms. The van der Waals surface area contributed by atoms with Crippen molar-refractivity contribution in [3.63, 3.8) is 0 Å². The predicted octanol–water partition coefficient (Wildman–Crippen LogP) is 1.42. The third-order valence-corrected chi connectivity index (χ3v) is 4.58. The molecule has 0 bridgehead atoms. The summed E-state index contributed by atoms with van der Waals surface area (Å²) in [4.78, 5) is 13.0. The fourth-order valence-electron chi connectivity index (χ4n) is 2.52. The van der Waals surface area contributed by atoms with Crippen molar-refractivity contribution in [2.75, 3.05) is 36.8 Å². The normalized spacial score (nSPS) is 18.1. The lowest BCUT2D eigenvalue weighted by molar-refractivity contribution is -0.133. The molecule has 22 heavy (non-hydrogen) atoms. The molecule has 0 unspecified atom stereocenters. The first kappa shape index (κ1) is 15.1. The Morgan fingerprint density at radius 3 is 2.91 bits per heavy atom. The lowest BCUT2D eigenvalue weighted by Gasteiger charge is -2.29. The second-order valence-corrected chi connectivity index (χ2v) is 6.24. The van der Waals surface area contributed by atoms with Gasteiger partial charge in [-0.3, -0.25) is 4.79 Å². The van der Waals surface area contributed by atoms with Crippen LogP contribution in [0.15, 0.2) is 34.5 Å². The van der Waals surface area contributed by atoms with Gasteiger partial charge in [0.25, 0.3) is 0 Å². The summed E-state index contributed by atoms with van der Waals surface area (Å²) in [6, 6.07) is 8.33. The first-order valence-corrected chi connectivity index (χ1v) is 8.25. The molecule has 0 saturated carbocycles. The van der Waals surface area contributed by atoms with E-state index in [4.69, 9.17) is 5.11 Å². The van der Waals surface area contributed by atoms with Gasteiger partial charge in [0.2, 0.25) is 0 Å². The lowest BCUT2D eigenvalue weighted by atomic mass is 10.1. The zero-order chi connectivity index (χ0) is 15.4. The van der Waals surface area contributed by atoms with Gasteiger partial charge in [-0.25, -0.2) is 0 Å². The standard InChI is InChI=1S/C15H18N4O2S/c20-15(21)10-22-14-9-13(17-18-14)11-2-1-3-12(8-11)19-6-4-16-5-7-19/h1-3,8,16H,4-7,9-10H2,(H,20,21). The van der Waals surface area contributed by atoms with Gasteiger partial charge in [-0.1, -0.05) is 23.9 Å². The van der Waals surface area contributed by atoms with Crippen LogP contribution in [0, 0.1) is 0 Å². The Bertz CT molecular complexity index is 624. The number of benzene rings is 1. The third-order valence-electron chi connectivity index (χ3n) is 3.62. The summed E-state index contributed by atoms with van der Waals surface area (Å²) in [5, 5.41) is 21.1. The van der Waals surface area contributed by atoms with Crippen LogP contribution in [0.5, 0.6) is 0 Å². The van der Waals surface area contributed by atoms with Gasteiger partial charge < -0.3 is 15.3 Å². The van der Waals surface area contributed by atoms with E-state index in [0.717, 1.165) is 42.5 Å². The Kier molecular flexibility index (Phi) is 4.74. The highest BCUT2D eigenvalue weighted by molar-refractivity contribution is 8.14. The Balaban J connectivity index is 1.65. The molecule has 0 aliphatic carbocycles. The molecule has 3 rings (SSSR count). The minimum Gasteiger partial charge on any atom is -0.481 e. The van der Waals surface area contributed by atoms with Crippen LogP contribution in [0.1, 0.15) is 12.0 Å². The second-order valence-electron chi connectivity index (χ2n) is 5.19. The summed E-state index contributed by atoms with van der Waals surface area (Å²) in [5.41, 5.74) is 3.17. The Morgan fingerprint density at radius 1 is 1.32 bits per heavy atom. The largest absolute Gasteiger partial charge is 0.481 e. The maximum absolute atomic E-state index is 10.6. The number of carboxylic acids is 1. The lowest BCUT2D eigenvalue weighted by Crippen LogP contribution is -2.43. The molecule has 1 fully saturated rings. The van der Waals surface area contributed by atoms with Crippen LogP contribution in [0.4, 0.5) is 5.69 Å². The average Bonchev–Trinajstić information content (AvgIpc) is 3.03. The van der Waals surface area contributed by atoms with E-state index in [-0.39, 0.29) is 5.75 Å². The number of piperazine rings is 1. The van der Waals surface area contributed by atoms with Gasteiger partial charge in [0, 0.05) is 43.9 Å². The maximum Gasteiger partial charge on any atom is 0.313 e. The predicted molar refractivity (Wildman–Crippen MR) is 90.2 cm³/mol. The van der Waals surface area contributed by atoms with Crippen molar-refractivity contribution in [1.82, 2.24) is 5.32 Å². The van der Waals surface area contributed by atoms with Gasteiger partial charge in [0.15, 0.2) is 0 Å². The maximum atomic E-state index is 10.6. The van der Waals surface area contributed by atoms with E-state index in [9.17, 15) is 4.79 Å². The highest BCUT2D eigenvalue weighted by atomic mass is 32.2. The van der Waals surface area contributed by atoms with Gasteiger partial charge in [-0.05, 0) is 12.1 Å². The zero-order valence-electron chi connectivity index (χ0n) is 12.2. The van der Waals surface area contributed by atoms with E-state index in [1.807, 2.05) is 12.1 Å². The monoisotopic (exact) mass is 318 g/mol. The molecular formula is C15H18N4O2S. The summed E-state index contributed by atoms with van der Waals surface area (Å²) in [6.07, 6.45) is 0.614. The zero-order valence-corrected chi connectivity index (χ0v) is 13.0. The van der Waals surface area contributed by atoms with Gasteiger partial charge in [0.1, 0.15) is 5.04 Å². The number of thioether (sulfide) groups is 1. The van der Waals surface area contributed by atoms with E-state index in [1.54, 1.807) is 0 Å². The van der Waals surface area contributed by atoms with E-state index in [0.29, 0.717) is 6.42 Å². The number of aliphatic carboxylic acids is 1. The van der Waals surface area contributed by atoms with E-state index < -0.39 is 5.97 Å². The highest BCUT2D eigenvalue weighted by Gasteiger charge is 2.17. The van der Waals surface area contributed by atoms with Gasteiger partial charge >= 0.3 is 5.97 Å².